The molecule has 0 radical (unpaired) electrons. The predicted molar refractivity (Wildman–Crippen MR) is 62.6 cm³/mol. The van der Waals surface area contributed by atoms with Crippen LogP contribution in [-0.4, -0.2) is 11.0 Å². The van der Waals surface area contributed by atoms with E-state index in [1.54, 1.807) is 6.07 Å². The number of halogens is 1. The van der Waals surface area contributed by atoms with Crippen molar-refractivity contribution in [1.82, 2.24) is 0 Å². The van der Waals surface area contributed by atoms with Gasteiger partial charge < -0.3 is 5.73 Å². The average Bonchev–Trinajstić information content (AvgIpc) is 2.65. The van der Waals surface area contributed by atoms with Gasteiger partial charge in [0.25, 0.3) is 5.69 Å². The molecule has 1 aliphatic rings. The van der Waals surface area contributed by atoms with Gasteiger partial charge in [-0.25, -0.2) is 0 Å². The van der Waals surface area contributed by atoms with Gasteiger partial charge in [-0.05, 0) is 17.5 Å². The molecule has 4 nitrogen and oxygen atoms in total. The van der Waals surface area contributed by atoms with Crippen molar-refractivity contribution in [1.29, 1.82) is 0 Å². The van der Waals surface area contributed by atoms with Crippen molar-refractivity contribution < 1.29 is 4.92 Å². The zero-order valence-corrected chi connectivity index (χ0v) is 9.86. The molecule has 1 aliphatic carbocycles. The van der Waals surface area contributed by atoms with Crippen LogP contribution in [0.5, 0.6) is 0 Å². The fourth-order valence-electron chi connectivity index (χ4n) is 2.21. The van der Waals surface area contributed by atoms with E-state index in [0.717, 1.165) is 0 Å². The van der Waals surface area contributed by atoms with Gasteiger partial charge in [-0.15, -0.1) is 0 Å². The van der Waals surface area contributed by atoms with Gasteiger partial charge in [0.2, 0.25) is 0 Å². The molecule has 1 saturated carbocycles. The SMILES string of the molecule is CC1(C)[C@H](N)[C@H]1c1cc(Cl)ccc1[N+](=O)[O-]. The first-order valence-electron chi connectivity index (χ1n) is 5.05. The van der Waals surface area contributed by atoms with Crippen LogP contribution in [0.4, 0.5) is 5.69 Å². The predicted octanol–water partition coefficient (Wildman–Crippen LogP) is 2.70. The zero-order valence-electron chi connectivity index (χ0n) is 9.11. The van der Waals surface area contributed by atoms with Crippen molar-refractivity contribution in [2.75, 3.05) is 0 Å². The Bertz CT molecular complexity index is 459. The van der Waals surface area contributed by atoms with Gasteiger partial charge in [-0.2, -0.15) is 0 Å². The Hall–Kier alpha value is -1.13. The maximum Gasteiger partial charge on any atom is 0.273 e. The van der Waals surface area contributed by atoms with Crippen molar-refractivity contribution in [3.63, 3.8) is 0 Å². The minimum Gasteiger partial charge on any atom is -0.327 e. The maximum absolute atomic E-state index is 10.9. The molecule has 2 atom stereocenters. The van der Waals surface area contributed by atoms with Gasteiger partial charge in [-0.1, -0.05) is 25.4 Å². The Morgan fingerprint density at radius 2 is 2.06 bits per heavy atom. The lowest BCUT2D eigenvalue weighted by Gasteiger charge is -2.04. The summed E-state index contributed by atoms with van der Waals surface area (Å²) >= 11 is 5.87. The van der Waals surface area contributed by atoms with Crippen molar-refractivity contribution in [2.45, 2.75) is 25.8 Å². The molecular formula is C11H13ClN2O2. The van der Waals surface area contributed by atoms with E-state index in [0.29, 0.717) is 10.6 Å². The third-order valence-corrected chi connectivity index (χ3v) is 3.67. The van der Waals surface area contributed by atoms with E-state index < -0.39 is 0 Å². The lowest BCUT2D eigenvalue weighted by Crippen LogP contribution is -2.06. The largest absolute Gasteiger partial charge is 0.327 e. The van der Waals surface area contributed by atoms with Crippen LogP contribution in [0.15, 0.2) is 18.2 Å². The van der Waals surface area contributed by atoms with E-state index in [9.17, 15) is 10.1 Å². The molecule has 0 aromatic heterocycles. The normalized spacial score (nSPS) is 26.5. The van der Waals surface area contributed by atoms with Crippen LogP contribution in [-0.2, 0) is 0 Å². The van der Waals surface area contributed by atoms with E-state index in [4.69, 9.17) is 17.3 Å². The summed E-state index contributed by atoms with van der Waals surface area (Å²) in [4.78, 5) is 10.5. The molecule has 2 N–H and O–H groups in total. The molecule has 0 heterocycles. The monoisotopic (exact) mass is 240 g/mol. The number of nitrogens with two attached hydrogens (primary N) is 1. The van der Waals surface area contributed by atoms with Gasteiger partial charge >= 0.3 is 0 Å². The highest BCUT2D eigenvalue weighted by Crippen LogP contribution is 2.59. The molecule has 0 aliphatic heterocycles. The first kappa shape index (κ1) is 11.4. The van der Waals surface area contributed by atoms with Gasteiger partial charge in [-0.3, -0.25) is 10.1 Å². The molecule has 0 saturated heterocycles. The zero-order chi connectivity index (χ0) is 12.1. The van der Waals surface area contributed by atoms with Crippen LogP contribution >= 0.6 is 11.6 Å². The Labute approximate surface area is 98.5 Å². The maximum atomic E-state index is 10.9. The van der Waals surface area contributed by atoms with Gasteiger partial charge in [0.05, 0.1) is 4.92 Å². The summed E-state index contributed by atoms with van der Waals surface area (Å²) in [5, 5.41) is 11.4. The highest BCUT2D eigenvalue weighted by molar-refractivity contribution is 6.30. The quantitative estimate of drug-likeness (QED) is 0.638. The minimum absolute atomic E-state index is 0.0200. The smallest absolute Gasteiger partial charge is 0.273 e. The molecular weight excluding hydrogens is 228 g/mol. The lowest BCUT2D eigenvalue weighted by molar-refractivity contribution is -0.385. The Morgan fingerprint density at radius 1 is 1.50 bits per heavy atom. The third-order valence-electron chi connectivity index (χ3n) is 3.43. The highest BCUT2D eigenvalue weighted by atomic mass is 35.5. The third kappa shape index (κ3) is 1.58. The Balaban J connectivity index is 2.48. The van der Waals surface area contributed by atoms with E-state index in [1.165, 1.54) is 12.1 Å². The van der Waals surface area contributed by atoms with E-state index >= 15 is 0 Å². The lowest BCUT2D eigenvalue weighted by atomic mass is 10.0. The summed E-state index contributed by atoms with van der Waals surface area (Å²) in [7, 11) is 0. The van der Waals surface area contributed by atoms with Crippen LogP contribution in [0, 0.1) is 15.5 Å². The second-order valence-corrected chi connectivity index (χ2v) is 5.22. The Kier molecular flexibility index (Phi) is 2.44. The van der Waals surface area contributed by atoms with Crippen LogP contribution in [0.3, 0.4) is 0 Å². The van der Waals surface area contributed by atoms with Crippen molar-refractivity contribution in [2.24, 2.45) is 11.1 Å². The number of hydrogen-bond donors (Lipinski definition) is 1. The summed E-state index contributed by atoms with van der Waals surface area (Å²) < 4.78 is 0. The second-order valence-electron chi connectivity index (χ2n) is 4.79. The van der Waals surface area contributed by atoms with Crippen LogP contribution in [0.1, 0.15) is 25.3 Å². The van der Waals surface area contributed by atoms with E-state index in [2.05, 4.69) is 0 Å². The number of nitro groups is 1. The van der Waals surface area contributed by atoms with Gasteiger partial charge in [0, 0.05) is 28.6 Å². The molecule has 1 aromatic rings. The fraction of sp³-hybridized carbons (Fsp3) is 0.455. The molecule has 2 rings (SSSR count). The Morgan fingerprint density at radius 3 is 2.50 bits per heavy atom. The first-order valence-corrected chi connectivity index (χ1v) is 5.43. The molecule has 0 bridgehead atoms. The van der Waals surface area contributed by atoms with E-state index in [1.807, 2.05) is 13.8 Å². The summed E-state index contributed by atoms with van der Waals surface area (Å²) in [5.41, 5.74) is 6.60. The molecule has 1 fully saturated rings. The summed E-state index contributed by atoms with van der Waals surface area (Å²) in [6, 6.07) is 4.59. The van der Waals surface area contributed by atoms with Crippen molar-refractivity contribution in [3.05, 3.63) is 38.9 Å². The van der Waals surface area contributed by atoms with Crippen LogP contribution in [0.25, 0.3) is 0 Å². The molecule has 16 heavy (non-hydrogen) atoms. The van der Waals surface area contributed by atoms with Crippen LogP contribution in [0.2, 0.25) is 5.02 Å². The van der Waals surface area contributed by atoms with Crippen molar-refractivity contribution in [3.8, 4) is 0 Å². The number of rotatable bonds is 2. The number of nitrogens with zero attached hydrogens (tertiary/aromatic N) is 1. The van der Waals surface area contributed by atoms with Crippen molar-refractivity contribution >= 4 is 17.3 Å². The molecule has 5 heteroatoms. The first-order chi connectivity index (χ1) is 7.35. The number of benzene rings is 1. The molecule has 1 aromatic carbocycles. The molecule has 86 valence electrons. The van der Waals surface area contributed by atoms with Crippen LogP contribution < -0.4 is 5.73 Å². The molecule has 0 amide bonds. The number of hydrogen-bond acceptors (Lipinski definition) is 3. The summed E-state index contributed by atoms with van der Waals surface area (Å²) in [6.07, 6.45) is 0. The second kappa shape index (κ2) is 3.43. The average molecular weight is 241 g/mol. The fourth-order valence-corrected chi connectivity index (χ4v) is 2.39. The summed E-state index contributed by atoms with van der Waals surface area (Å²) in [6.45, 7) is 4.01. The van der Waals surface area contributed by atoms with Gasteiger partial charge in [0.15, 0.2) is 0 Å². The number of nitro benzene ring substituents is 1. The molecule has 0 unspecified atom stereocenters. The minimum atomic E-state index is -0.382. The highest BCUT2D eigenvalue weighted by Gasteiger charge is 2.58. The standard InChI is InChI=1S/C11H13ClN2O2/c1-11(2)9(10(11)13)7-5-6(12)3-4-8(7)14(15)16/h3-5,9-10H,13H2,1-2H3/t9-,10-/m1/s1. The van der Waals surface area contributed by atoms with Gasteiger partial charge in [0.1, 0.15) is 0 Å². The summed E-state index contributed by atoms with van der Waals surface area (Å²) in [5.74, 6) is 0.0200. The van der Waals surface area contributed by atoms with E-state index in [-0.39, 0.29) is 28.0 Å². The molecule has 0 spiro atoms. The topological polar surface area (TPSA) is 69.2 Å².